The van der Waals surface area contributed by atoms with Crippen molar-refractivity contribution in [3.05, 3.63) is 54.0 Å². The van der Waals surface area contributed by atoms with Crippen LogP contribution in [0.25, 0.3) is 0 Å². The van der Waals surface area contributed by atoms with Gasteiger partial charge in [-0.25, -0.2) is 4.99 Å². The van der Waals surface area contributed by atoms with Gasteiger partial charge in [0.2, 0.25) is 0 Å². The van der Waals surface area contributed by atoms with Crippen molar-refractivity contribution in [3.63, 3.8) is 0 Å². The summed E-state index contributed by atoms with van der Waals surface area (Å²) in [5.41, 5.74) is 1.12. The minimum atomic E-state index is -0.750. The number of aryl methyl sites for hydroxylation is 1. The lowest BCUT2D eigenvalue weighted by atomic mass is 10.2. The number of benzene rings is 1. The Bertz CT molecular complexity index is 656. The van der Waals surface area contributed by atoms with Crippen molar-refractivity contribution < 1.29 is 14.3 Å². The fourth-order valence-electron chi connectivity index (χ4n) is 2.33. The number of likely N-dealkylation sites (N-methyl/N-ethyl adjacent to an activating group) is 1. The number of para-hydroxylation sites is 1. The topological polar surface area (TPSA) is 70.2 Å². The molecule has 6 nitrogen and oxygen atoms in total. The zero-order chi connectivity index (χ0) is 18.1. The Hall–Kier alpha value is -2.47. The zero-order valence-electron chi connectivity index (χ0n) is 15.1. The van der Waals surface area contributed by atoms with E-state index in [0.29, 0.717) is 18.9 Å². The third-order valence-corrected chi connectivity index (χ3v) is 3.76. The second kappa shape index (κ2) is 9.74. The van der Waals surface area contributed by atoms with Crippen molar-refractivity contribution >= 4 is 5.96 Å². The highest BCUT2D eigenvalue weighted by atomic mass is 16.5. The summed E-state index contributed by atoms with van der Waals surface area (Å²) in [6.45, 7) is 6.25. The van der Waals surface area contributed by atoms with Crippen molar-refractivity contribution in [2.24, 2.45) is 4.99 Å². The fraction of sp³-hybridized carbons (Fsp3) is 0.421. The number of hydrogen-bond donors (Lipinski definition) is 2. The zero-order valence-corrected chi connectivity index (χ0v) is 15.1. The van der Waals surface area contributed by atoms with E-state index in [1.54, 1.807) is 18.4 Å². The number of hydrogen-bond acceptors (Lipinski definition) is 4. The molecule has 2 rings (SSSR count). The first-order valence-electron chi connectivity index (χ1n) is 8.51. The molecule has 0 radical (unpaired) electrons. The Balaban J connectivity index is 1.87. The van der Waals surface area contributed by atoms with Crippen LogP contribution < -0.4 is 10.1 Å². The number of aliphatic imine (C=N–C) groups is 1. The Kier molecular flexibility index (Phi) is 7.35. The molecule has 25 heavy (non-hydrogen) atoms. The molecule has 2 aromatic rings. The van der Waals surface area contributed by atoms with Gasteiger partial charge in [-0.3, -0.25) is 0 Å². The quantitative estimate of drug-likeness (QED) is 0.568. The molecule has 1 aromatic carbocycles. The highest BCUT2D eigenvalue weighted by Gasteiger charge is 2.12. The van der Waals surface area contributed by atoms with Crippen LogP contribution in [0.2, 0.25) is 0 Å². The van der Waals surface area contributed by atoms with Crippen molar-refractivity contribution in [1.82, 2.24) is 10.2 Å². The third kappa shape index (κ3) is 5.83. The number of aliphatic hydroxyl groups is 1. The number of rotatable bonds is 8. The van der Waals surface area contributed by atoms with Crippen LogP contribution in [0.4, 0.5) is 0 Å². The van der Waals surface area contributed by atoms with Gasteiger partial charge in [0.25, 0.3) is 0 Å². The van der Waals surface area contributed by atoms with Gasteiger partial charge < -0.3 is 24.5 Å². The summed E-state index contributed by atoms with van der Waals surface area (Å²) in [5.74, 6) is 2.14. The van der Waals surface area contributed by atoms with Gasteiger partial charge in [-0.2, -0.15) is 0 Å². The van der Waals surface area contributed by atoms with Crippen molar-refractivity contribution in [3.8, 4) is 5.75 Å². The van der Waals surface area contributed by atoms with Crippen LogP contribution in [0.3, 0.4) is 0 Å². The minimum absolute atomic E-state index is 0.235. The Morgan fingerprint density at radius 3 is 2.80 bits per heavy atom. The first-order valence-corrected chi connectivity index (χ1v) is 8.51. The summed E-state index contributed by atoms with van der Waals surface area (Å²) in [4.78, 5) is 6.46. The van der Waals surface area contributed by atoms with E-state index in [-0.39, 0.29) is 6.54 Å². The van der Waals surface area contributed by atoms with Crippen molar-refractivity contribution in [1.29, 1.82) is 0 Å². The average molecular weight is 345 g/mol. The fourth-order valence-corrected chi connectivity index (χ4v) is 2.33. The largest absolute Gasteiger partial charge is 0.491 e. The average Bonchev–Trinajstić information content (AvgIpc) is 3.14. The Morgan fingerprint density at radius 1 is 1.32 bits per heavy atom. The van der Waals surface area contributed by atoms with E-state index in [9.17, 15) is 5.11 Å². The van der Waals surface area contributed by atoms with Gasteiger partial charge in [-0.1, -0.05) is 18.2 Å². The lowest BCUT2D eigenvalue weighted by Gasteiger charge is -2.22. The predicted molar refractivity (Wildman–Crippen MR) is 99.0 cm³/mol. The normalized spacial score (nSPS) is 12.7. The molecule has 1 unspecified atom stereocenters. The summed E-state index contributed by atoms with van der Waals surface area (Å²) in [5, 5.41) is 13.3. The summed E-state index contributed by atoms with van der Waals surface area (Å²) in [7, 11) is 1.95. The molecular formula is C19H27N3O3. The minimum Gasteiger partial charge on any atom is -0.491 e. The third-order valence-electron chi connectivity index (χ3n) is 3.76. The van der Waals surface area contributed by atoms with E-state index in [2.05, 4.69) is 10.3 Å². The van der Waals surface area contributed by atoms with Gasteiger partial charge in [-0.05, 0) is 37.6 Å². The number of ether oxygens (including phenoxy) is 1. The molecular weight excluding hydrogens is 318 g/mol. The van der Waals surface area contributed by atoms with Crippen LogP contribution in [0.1, 0.15) is 24.4 Å². The van der Waals surface area contributed by atoms with Crippen molar-refractivity contribution in [2.75, 3.05) is 33.3 Å². The van der Waals surface area contributed by atoms with E-state index in [1.165, 1.54) is 0 Å². The van der Waals surface area contributed by atoms with Crippen molar-refractivity contribution in [2.45, 2.75) is 20.0 Å². The van der Waals surface area contributed by atoms with E-state index >= 15 is 0 Å². The van der Waals surface area contributed by atoms with E-state index in [4.69, 9.17) is 9.15 Å². The molecule has 0 saturated heterocycles. The highest BCUT2D eigenvalue weighted by Crippen LogP contribution is 2.16. The number of guanidine groups is 1. The molecule has 0 fully saturated rings. The maximum absolute atomic E-state index is 10.1. The first kappa shape index (κ1) is 18.9. The smallest absolute Gasteiger partial charge is 0.193 e. The second-order valence-electron chi connectivity index (χ2n) is 5.76. The SMILES string of the molecule is CCNC(=NCC(O)c1ccco1)N(C)CCOc1ccccc1C. The van der Waals surface area contributed by atoms with Gasteiger partial charge >= 0.3 is 0 Å². The van der Waals surface area contributed by atoms with Crippen LogP contribution >= 0.6 is 0 Å². The molecule has 0 aliphatic carbocycles. The van der Waals surface area contributed by atoms with Crippen LogP contribution in [0, 0.1) is 6.92 Å². The summed E-state index contributed by atoms with van der Waals surface area (Å²) >= 11 is 0. The molecule has 136 valence electrons. The molecule has 0 aliphatic heterocycles. The molecule has 1 aromatic heterocycles. The van der Waals surface area contributed by atoms with Gasteiger partial charge in [0, 0.05) is 13.6 Å². The van der Waals surface area contributed by atoms with Crippen LogP contribution in [-0.4, -0.2) is 49.3 Å². The van der Waals surface area contributed by atoms with E-state index in [1.807, 2.05) is 50.1 Å². The summed E-state index contributed by atoms with van der Waals surface area (Å²) in [6, 6.07) is 11.5. The summed E-state index contributed by atoms with van der Waals surface area (Å²) < 4.78 is 11.0. The standard InChI is InChI=1S/C19H27N3O3/c1-4-20-19(21-14-16(23)18-10-7-12-24-18)22(3)11-13-25-17-9-6-5-8-15(17)2/h5-10,12,16,23H,4,11,13-14H2,1-3H3,(H,20,21). The molecule has 0 amide bonds. The van der Waals surface area contributed by atoms with E-state index in [0.717, 1.165) is 23.8 Å². The van der Waals surface area contributed by atoms with Crippen LogP contribution in [0.15, 0.2) is 52.1 Å². The van der Waals surface area contributed by atoms with Gasteiger partial charge in [-0.15, -0.1) is 0 Å². The molecule has 1 heterocycles. The molecule has 2 N–H and O–H groups in total. The molecule has 0 saturated carbocycles. The lowest BCUT2D eigenvalue weighted by Crippen LogP contribution is -2.41. The first-order chi connectivity index (χ1) is 12.1. The molecule has 1 atom stereocenters. The number of aliphatic hydroxyl groups excluding tert-OH is 1. The molecule has 0 spiro atoms. The van der Waals surface area contributed by atoms with Crippen LogP contribution in [0.5, 0.6) is 5.75 Å². The number of nitrogens with one attached hydrogen (secondary N) is 1. The molecule has 0 aliphatic rings. The maximum Gasteiger partial charge on any atom is 0.193 e. The lowest BCUT2D eigenvalue weighted by molar-refractivity contribution is 0.158. The number of nitrogens with zero attached hydrogens (tertiary/aromatic N) is 2. The molecule has 0 bridgehead atoms. The highest BCUT2D eigenvalue weighted by molar-refractivity contribution is 5.79. The Labute approximate surface area is 149 Å². The van der Waals surface area contributed by atoms with E-state index < -0.39 is 6.10 Å². The van der Waals surface area contributed by atoms with Gasteiger partial charge in [0.05, 0.1) is 19.4 Å². The van der Waals surface area contributed by atoms with Gasteiger partial charge in [0.1, 0.15) is 24.2 Å². The molecule has 6 heteroatoms. The maximum atomic E-state index is 10.1. The number of furan rings is 1. The monoisotopic (exact) mass is 345 g/mol. The van der Waals surface area contributed by atoms with Crippen LogP contribution in [-0.2, 0) is 0 Å². The second-order valence-corrected chi connectivity index (χ2v) is 5.76. The predicted octanol–water partition coefficient (Wildman–Crippen LogP) is 2.60. The summed E-state index contributed by atoms with van der Waals surface area (Å²) in [6.07, 6.45) is 0.794. The van der Waals surface area contributed by atoms with Gasteiger partial charge in [0.15, 0.2) is 5.96 Å². The Morgan fingerprint density at radius 2 is 2.12 bits per heavy atom.